The highest BCUT2D eigenvalue weighted by molar-refractivity contribution is 9.10. The average Bonchev–Trinajstić information content (AvgIpc) is 2.86. The molecular formula is C23H20Br2Cl2O8. The number of carbonyl (C=O) groups is 2. The first-order valence-corrected chi connectivity index (χ1v) is 13.2. The lowest BCUT2D eigenvalue weighted by Crippen LogP contribution is -2.76. The van der Waals surface area contributed by atoms with E-state index in [-0.39, 0.29) is 0 Å². The van der Waals surface area contributed by atoms with Gasteiger partial charge in [0.25, 0.3) is 6.48 Å². The SMILES string of the molecule is ClCCCl.O=C(O[C@H]1C2OC3O[C@@H]1C(O)[C@H](O3)[C@H]2OC(=O)c1ccc(Br)cc1)c1ccc(Br)cc1. The number of aliphatic hydroxyl groups is 1. The molecule has 188 valence electrons. The molecule has 3 heterocycles. The number of carbonyl (C=O) groups excluding carboxylic acids is 2. The molecule has 3 aliphatic heterocycles. The topological polar surface area (TPSA) is 101 Å². The van der Waals surface area contributed by atoms with Crippen LogP contribution in [0.25, 0.3) is 0 Å². The van der Waals surface area contributed by atoms with Crippen molar-refractivity contribution in [2.24, 2.45) is 0 Å². The quantitative estimate of drug-likeness (QED) is 0.377. The molecule has 35 heavy (non-hydrogen) atoms. The van der Waals surface area contributed by atoms with Gasteiger partial charge in [0.1, 0.15) is 24.4 Å². The van der Waals surface area contributed by atoms with Crippen LogP contribution in [0, 0.1) is 0 Å². The van der Waals surface area contributed by atoms with Crippen molar-refractivity contribution in [3.05, 3.63) is 68.6 Å². The van der Waals surface area contributed by atoms with Gasteiger partial charge in [0.15, 0.2) is 12.2 Å². The van der Waals surface area contributed by atoms with Gasteiger partial charge in [-0.05, 0) is 48.5 Å². The summed E-state index contributed by atoms with van der Waals surface area (Å²) in [6.07, 6.45) is -5.68. The Bertz CT molecular complexity index is 959. The van der Waals surface area contributed by atoms with E-state index in [2.05, 4.69) is 31.9 Å². The number of hydrogen-bond donors (Lipinski definition) is 1. The summed E-state index contributed by atoms with van der Waals surface area (Å²) in [6, 6.07) is 13.3. The molecule has 4 aliphatic rings. The summed E-state index contributed by atoms with van der Waals surface area (Å²) in [6.45, 7) is -1.02. The second kappa shape index (κ2) is 11.9. The minimum absolute atomic E-state index is 0.325. The molecule has 6 rings (SSSR count). The van der Waals surface area contributed by atoms with Gasteiger partial charge < -0.3 is 28.8 Å². The third-order valence-electron chi connectivity index (χ3n) is 5.49. The minimum atomic E-state index is -1.16. The Kier molecular flexibility index (Phi) is 9.09. The van der Waals surface area contributed by atoms with Crippen LogP contribution in [-0.2, 0) is 23.7 Å². The van der Waals surface area contributed by atoms with Gasteiger partial charge in [-0.2, -0.15) is 0 Å². The van der Waals surface area contributed by atoms with Crippen LogP contribution >= 0.6 is 55.1 Å². The number of alkyl halides is 2. The molecule has 0 spiro atoms. The van der Waals surface area contributed by atoms with Crippen molar-refractivity contribution in [2.75, 3.05) is 11.8 Å². The number of hydrogen-bond acceptors (Lipinski definition) is 8. The van der Waals surface area contributed by atoms with E-state index in [0.717, 1.165) is 8.95 Å². The Morgan fingerprint density at radius 2 is 1.11 bits per heavy atom. The normalized spacial score (nSPS) is 30.3. The van der Waals surface area contributed by atoms with E-state index in [4.69, 9.17) is 46.9 Å². The Balaban J connectivity index is 0.000000672. The summed E-state index contributed by atoms with van der Waals surface area (Å²) < 4.78 is 29.7. The standard InChI is InChI=1S/C21H16Br2O8.C2H4Cl2/c22-11-5-1-9(2-6-11)19(25)27-16-14-13(24)15-17(18(16)31-21(29-14)30-15)28-20(26)10-3-7-12(23)8-4-10;3-1-2-4/h1-8,13-18,21,24H;1-2H2/t13?,14-,15+,16-,17-,18?,21?;/m1./s1. The van der Waals surface area contributed by atoms with Crippen LogP contribution < -0.4 is 0 Å². The van der Waals surface area contributed by atoms with E-state index in [9.17, 15) is 14.7 Å². The van der Waals surface area contributed by atoms with Crippen LogP contribution in [0.2, 0.25) is 0 Å². The van der Waals surface area contributed by atoms with Crippen molar-refractivity contribution in [3.63, 3.8) is 0 Å². The molecule has 3 saturated heterocycles. The molecule has 7 atom stereocenters. The monoisotopic (exact) mass is 652 g/mol. The average molecular weight is 655 g/mol. The molecule has 2 aromatic rings. The molecule has 4 fully saturated rings. The van der Waals surface area contributed by atoms with Gasteiger partial charge in [-0.1, -0.05) is 31.9 Å². The minimum Gasteiger partial charge on any atom is -0.453 e. The molecule has 12 heteroatoms. The van der Waals surface area contributed by atoms with Gasteiger partial charge in [-0.15, -0.1) is 23.2 Å². The first kappa shape index (κ1) is 26.8. The molecule has 0 amide bonds. The maximum atomic E-state index is 12.7. The van der Waals surface area contributed by atoms with Crippen molar-refractivity contribution < 1.29 is 38.4 Å². The van der Waals surface area contributed by atoms with Crippen molar-refractivity contribution in [1.29, 1.82) is 0 Å². The molecule has 0 aromatic heterocycles. The van der Waals surface area contributed by atoms with Crippen LogP contribution in [0.15, 0.2) is 57.5 Å². The molecule has 1 aliphatic carbocycles. The summed E-state index contributed by atoms with van der Waals surface area (Å²) >= 11 is 16.7. The third kappa shape index (κ3) is 6.02. The summed E-state index contributed by atoms with van der Waals surface area (Å²) in [7, 11) is 0. The van der Waals surface area contributed by atoms with E-state index >= 15 is 0 Å². The molecule has 4 bridgehead atoms. The van der Waals surface area contributed by atoms with Crippen molar-refractivity contribution in [2.45, 2.75) is 43.1 Å². The van der Waals surface area contributed by atoms with Crippen LogP contribution in [0.5, 0.6) is 0 Å². The predicted octanol–water partition coefficient (Wildman–Crippen LogP) is 4.27. The molecule has 1 N–H and O–H groups in total. The van der Waals surface area contributed by atoms with Gasteiger partial charge >= 0.3 is 11.9 Å². The summed E-state index contributed by atoms with van der Waals surface area (Å²) in [5.74, 6) is -0.102. The number of aliphatic hydroxyl groups excluding tert-OH is 1. The largest absolute Gasteiger partial charge is 0.453 e. The Labute approximate surface area is 228 Å². The summed E-state index contributed by atoms with van der Waals surface area (Å²) in [5, 5.41) is 10.7. The lowest BCUT2D eigenvalue weighted by atomic mass is 9.82. The van der Waals surface area contributed by atoms with Crippen LogP contribution in [-0.4, -0.2) is 71.9 Å². The molecular weight excluding hydrogens is 635 g/mol. The fourth-order valence-corrected chi connectivity index (χ4v) is 4.44. The third-order valence-corrected chi connectivity index (χ3v) is 7.12. The second-order valence-corrected chi connectivity index (χ2v) is 10.3. The smallest absolute Gasteiger partial charge is 0.338 e. The van der Waals surface area contributed by atoms with E-state index in [1.807, 2.05) is 0 Å². The summed E-state index contributed by atoms with van der Waals surface area (Å²) in [4.78, 5) is 25.3. The number of ether oxygens (including phenoxy) is 5. The number of halogens is 4. The van der Waals surface area contributed by atoms with Crippen LogP contribution in [0.4, 0.5) is 0 Å². The zero-order valence-electron chi connectivity index (χ0n) is 17.9. The first-order valence-electron chi connectivity index (χ1n) is 10.5. The highest BCUT2D eigenvalue weighted by Crippen LogP contribution is 2.42. The highest BCUT2D eigenvalue weighted by atomic mass is 79.9. The zero-order chi connectivity index (χ0) is 25.1. The number of rotatable bonds is 5. The molecule has 0 radical (unpaired) electrons. The van der Waals surface area contributed by atoms with Crippen molar-refractivity contribution in [3.8, 4) is 0 Å². The van der Waals surface area contributed by atoms with Gasteiger partial charge in [0, 0.05) is 20.7 Å². The molecule has 2 aromatic carbocycles. The van der Waals surface area contributed by atoms with Crippen LogP contribution in [0.1, 0.15) is 20.7 Å². The maximum absolute atomic E-state index is 12.7. The van der Waals surface area contributed by atoms with Gasteiger partial charge in [-0.3, -0.25) is 0 Å². The fourth-order valence-electron chi connectivity index (χ4n) is 3.91. The first-order chi connectivity index (χ1) is 16.8. The second-order valence-electron chi connectivity index (χ2n) is 7.71. The fraction of sp³-hybridized carbons (Fsp3) is 0.391. The lowest BCUT2D eigenvalue weighted by molar-refractivity contribution is -0.479. The Morgan fingerprint density at radius 3 is 1.49 bits per heavy atom. The molecule has 8 nitrogen and oxygen atoms in total. The van der Waals surface area contributed by atoms with E-state index in [1.54, 1.807) is 48.5 Å². The maximum Gasteiger partial charge on any atom is 0.338 e. The summed E-state index contributed by atoms with van der Waals surface area (Å²) in [5.41, 5.74) is 0.650. The molecule has 1 saturated carbocycles. The molecule has 3 unspecified atom stereocenters. The van der Waals surface area contributed by atoms with Gasteiger partial charge in [0.05, 0.1) is 11.1 Å². The van der Waals surface area contributed by atoms with Crippen molar-refractivity contribution in [1.82, 2.24) is 0 Å². The van der Waals surface area contributed by atoms with E-state index < -0.39 is 55.0 Å². The zero-order valence-corrected chi connectivity index (χ0v) is 22.6. The van der Waals surface area contributed by atoms with E-state index in [1.165, 1.54) is 0 Å². The Hall–Kier alpha value is -1.24. The number of benzene rings is 2. The highest BCUT2D eigenvalue weighted by Gasteiger charge is 2.64. The number of esters is 2. The predicted molar refractivity (Wildman–Crippen MR) is 133 cm³/mol. The van der Waals surface area contributed by atoms with Crippen LogP contribution in [0.3, 0.4) is 0 Å². The Morgan fingerprint density at radius 1 is 0.743 bits per heavy atom. The van der Waals surface area contributed by atoms with Gasteiger partial charge in [0.2, 0.25) is 0 Å². The van der Waals surface area contributed by atoms with E-state index in [0.29, 0.717) is 22.9 Å². The van der Waals surface area contributed by atoms with Gasteiger partial charge in [-0.25, -0.2) is 9.59 Å². The lowest BCUT2D eigenvalue weighted by Gasteiger charge is -2.56. The van der Waals surface area contributed by atoms with Crippen molar-refractivity contribution >= 4 is 67.0 Å².